The highest BCUT2D eigenvalue weighted by Gasteiger charge is 2.20. The Hall–Kier alpha value is -3.41. The summed E-state index contributed by atoms with van der Waals surface area (Å²) in [7, 11) is 1.00. The number of aromatic carboxylic acids is 2. The molecule has 2 heterocycles. The lowest BCUT2D eigenvalue weighted by Gasteiger charge is -2.29. The number of pyridine rings is 2. The lowest BCUT2D eigenvalue weighted by atomic mass is 10.0. The van der Waals surface area contributed by atoms with Crippen LogP contribution in [0.3, 0.4) is 0 Å². The molecular weight excluding hydrogens is 658 g/mol. The van der Waals surface area contributed by atoms with Crippen LogP contribution in [0.2, 0.25) is 0 Å². The predicted octanol–water partition coefficient (Wildman–Crippen LogP) is 7.96. The Morgan fingerprint density at radius 3 is 1.67 bits per heavy atom. The van der Waals surface area contributed by atoms with Crippen LogP contribution in [0.4, 0.5) is 0 Å². The average Bonchev–Trinajstić information content (AvgIpc) is 3.40. The minimum absolute atomic E-state index is 0.0585. The number of hydrogen-bond donors (Lipinski definition) is 4. The number of nitrogens with zero attached hydrogens (tertiary/aromatic N) is 4. The van der Waals surface area contributed by atoms with Crippen LogP contribution in [0, 0.1) is 5.92 Å². The maximum atomic E-state index is 12.4. The van der Waals surface area contributed by atoms with Crippen LogP contribution in [0.15, 0.2) is 36.4 Å². The molecule has 1 amide bonds. The molecule has 0 aliphatic heterocycles. The van der Waals surface area contributed by atoms with Crippen molar-refractivity contribution in [2.75, 3.05) is 39.8 Å². The third-order valence-electron chi connectivity index (χ3n) is 8.48. The van der Waals surface area contributed by atoms with Crippen LogP contribution in [0.5, 0.6) is 0 Å². The summed E-state index contributed by atoms with van der Waals surface area (Å²) >= 11 is 0. The zero-order chi connectivity index (χ0) is 40.0. The van der Waals surface area contributed by atoms with Gasteiger partial charge in [-0.05, 0) is 82.8 Å². The molecule has 1 aliphatic carbocycles. The van der Waals surface area contributed by atoms with Gasteiger partial charge in [0.2, 0.25) is 5.91 Å². The van der Waals surface area contributed by atoms with E-state index < -0.39 is 11.9 Å². The van der Waals surface area contributed by atoms with E-state index in [1.54, 1.807) is 12.1 Å². The molecule has 0 radical (unpaired) electrons. The molecule has 298 valence electrons. The van der Waals surface area contributed by atoms with E-state index in [0.717, 1.165) is 76.3 Å². The SMILES string of the molecule is CC.CC1CCCCCC1.CCCN(CCN(CCC)Cc1cccc(C(=O)O)n1)CC(=O)NC(C)(C)CC.CCc1cccc(C(=O)O)n1.CO. The summed E-state index contributed by atoms with van der Waals surface area (Å²) in [5.41, 5.74) is 1.56. The van der Waals surface area contributed by atoms with Crippen LogP contribution >= 0.6 is 0 Å². The van der Waals surface area contributed by atoms with Crippen LogP contribution < -0.4 is 5.32 Å². The molecule has 0 atom stereocenters. The van der Waals surface area contributed by atoms with Crippen molar-refractivity contribution < 1.29 is 29.7 Å². The predicted molar refractivity (Wildman–Crippen MR) is 213 cm³/mol. The molecule has 4 N–H and O–H groups in total. The molecule has 0 saturated heterocycles. The van der Waals surface area contributed by atoms with Crippen LogP contribution in [0.25, 0.3) is 0 Å². The molecule has 0 aromatic carbocycles. The lowest BCUT2D eigenvalue weighted by Crippen LogP contribution is -2.48. The Labute approximate surface area is 315 Å². The number of carboxylic acid groups (broad SMARTS) is 2. The van der Waals surface area contributed by atoms with Gasteiger partial charge >= 0.3 is 11.9 Å². The van der Waals surface area contributed by atoms with Gasteiger partial charge in [-0.1, -0.05) is 99.1 Å². The van der Waals surface area contributed by atoms with Gasteiger partial charge in [-0.25, -0.2) is 19.6 Å². The Morgan fingerprint density at radius 2 is 1.21 bits per heavy atom. The van der Waals surface area contributed by atoms with E-state index in [4.69, 9.17) is 15.3 Å². The summed E-state index contributed by atoms with van der Waals surface area (Å²) in [6, 6.07) is 10.1. The van der Waals surface area contributed by atoms with E-state index in [1.165, 1.54) is 50.7 Å². The fraction of sp³-hybridized carbons (Fsp3) is 0.683. The molecule has 3 rings (SSSR count). The Morgan fingerprint density at radius 1 is 0.750 bits per heavy atom. The van der Waals surface area contributed by atoms with E-state index in [9.17, 15) is 14.4 Å². The molecule has 1 fully saturated rings. The summed E-state index contributed by atoms with van der Waals surface area (Å²) in [5, 5.41) is 27.8. The molecule has 2 aromatic heterocycles. The molecule has 11 nitrogen and oxygen atoms in total. The van der Waals surface area contributed by atoms with Gasteiger partial charge in [0.15, 0.2) is 0 Å². The number of aromatic nitrogens is 2. The fourth-order valence-electron chi connectivity index (χ4n) is 5.36. The molecule has 0 bridgehead atoms. The van der Waals surface area contributed by atoms with Crippen molar-refractivity contribution in [1.82, 2.24) is 25.1 Å². The number of aliphatic hydroxyl groups is 1. The van der Waals surface area contributed by atoms with Gasteiger partial charge in [0.1, 0.15) is 11.4 Å². The third kappa shape index (κ3) is 24.7. The minimum atomic E-state index is -1.01. The number of nitrogens with one attached hydrogen (secondary N) is 1. The first kappa shape index (κ1) is 50.7. The second-order valence-electron chi connectivity index (χ2n) is 13.4. The summed E-state index contributed by atoms with van der Waals surface area (Å²) in [5.74, 6) is -0.898. The third-order valence-corrected chi connectivity index (χ3v) is 8.48. The normalized spacial score (nSPS) is 12.7. The van der Waals surface area contributed by atoms with E-state index in [1.807, 2.05) is 46.8 Å². The summed E-state index contributed by atoms with van der Waals surface area (Å²) in [6.07, 6.45) is 12.6. The first-order chi connectivity index (χ1) is 24.8. The molecule has 52 heavy (non-hydrogen) atoms. The number of rotatable bonds is 16. The number of aliphatic hydroxyl groups excluding tert-OH is 1. The molecule has 1 saturated carbocycles. The van der Waals surface area contributed by atoms with Gasteiger partial charge in [0.25, 0.3) is 0 Å². The smallest absolute Gasteiger partial charge is 0.354 e. The van der Waals surface area contributed by atoms with Crippen LogP contribution in [-0.4, -0.2) is 98.3 Å². The highest BCUT2D eigenvalue weighted by molar-refractivity contribution is 5.85. The molecule has 1 aliphatic rings. The van der Waals surface area contributed by atoms with Gasteiger partial charge in [0.05, 0.1) is 12.2 Å². The van der Waals surface area contributed by atoms with Crippen molar-refractivity contribution in [1.29, 1.82) is 0 Å². The number of carboxylic acids is 2. The van der Waals surface area contributed by atoms with E-state index in [-0.39, 0.29) is 22.8 Å². The van der Waals surface area contributed by atoms with Crippen molar-refractivity contribution in [2.24, 2.45) is 5.92 Å². The summed E-state index contributed by atoms with van der Waals surface area (Å²) in [6.45, 7) is 23.1. The second kappa shape index (κ2) is 31.1. The van der Waals surface area contributed by atoms with Crippen molar-refractivity contribution in [3.63, 3.8) is 0 Å². The average molecular weight is 732 g/mol. The van der Waals surface area contributed by atoms with E-state index in [0.29, 0.717) is 13.1 Å². The maximum absolute atomic E-state index is 12.4. The first-order valence-electron chi connectivity index (χ1n) is 19.4. The number of hydrogen-bond acceptors (Lipinski definition) is 8. The standard InChI is InChI=1S/C22H38N4O3.C8H9NO2.C8H16.C2H6.CH4O/c1-6-12-25(16-18-10-9-11-19(23-18)21(28)29)14-15-26(13-7-2)17-20(27)24-22(4,5)8-3;1-2-6-4-3-5-7(9-6)8(10)11;1-8-6-4-2-3-5-7-8;2*1-2/h9-11H,6-8,12-17H2,1-5H3,(H,24,27)(H,28,29);3-5H,2H2,1H3,(H,10,11);8H,2-7H2,1H3;1-2H3;2H,1H3. The highest BCUT2D eigenvalue weighted by atomic mass is 16.4. The van der Waals surface area contributed by atoms with Crippen molar-refractivity contribution >= 4 is 17.8 Å². The molecule has 0 unspecified atom stereocenters. The molecule has 2 aromatic rings. The van der Waals surface area contributed by atoms with Crippen LogP contribution in [0.1, 0.15) is 152 Å². The van der Waals surface area contributed by atoms with Gasteiger partial charge in [-0.3, -0.25) is 14.6 Å². The Balaban J connectivity index is 0. The monoisotopic (exact) mass is 732 g/mol. The van der Waals surface area contributed by atoms with Gasteiger partial charge in [-0.2, -0.15) is 0 Å². The maximum Gasteiger partial charge on any atom is 0.354 e. The minimum Gasteiger partial charge on any atom is -0.477 e. The summed E-state index contributed by atoms with van der Waals surface area (Å²) < 4.78 is 0. The molecular formula is C41H73N5O6. The number of aryl methyl sites for hydroxylation is 1. The number of carbonyl (C=O) groups excluding carboxylic acids is 1. The topological polar surface area (TPSA) is 156 Å². The van der Waals surface area contributed by atoms with Gasteiger partial charge in [0, 0.05) is 38.0 Å². The van der Waals surface area contributed by atoms with E-state index >= 15 is 0 Å². The van der Waals surface area contributed by atoms with Crippen LogP contribution in [-0.2, 0) is 17.8 Å². The van der Waals surface area contributed by atoms with E-state index in [2.05, 4.69) is 52.8 Å². The Bertz CT molecular complexity index is 1220. The Kier molecular flexibility index (Phi) is 30.4. The summed E-state index contributed by atoms with van der Waals surface area (Å²) in [4.78, 5) is 46.6. The lowest BCUT2D eigenvalue weighted by molar-refractivity contribution is -0.124. The van der Waals surface area contributed by atoms with Crippen molar-refractivity contribution in [2.45, 2.75) is 139 Å². The van der Waals surface area contributed by atoms with Gasteiger partial charge < -0.3 is 20.6 Å². The van der Waals surface area contributed by atoms with Crippen molar-refractivity contribution in [3.8, 4) is 0 Å². The number of amides is 1. The fourth-order valence-corrected chi connectivity index (χ4v) is 5.36. The van der Waals surface area contributed by atoms with Gasteiger partial charge in [-0.15, -0.1) is 0 Å². The molecule has 11 heteroatoms. The molecule has 0 spiro atoms. The number of carbonyl (C=O) groups is 3. The zero-order valence-electron chi connectivity index (χ0n) is 34.2. The zero-order valence-corrected chi connectivity index (χ0v) is 34.2. The first-order valence-corrected chi connectivity index (χ1v) is 19.4. The largest absolute Gasteiger partial charge is 0.477 e. The highest BCUT2D eigenvalue weighted by Crippen LogP contribution is 2.21. The van der Waals surface area contributed by atoms with Crippen molar-refractivity contribution in [3.05, 3.63) is 59.2 Å². The second-order valence-corrected chi connectivity index (χ2v) is 13.4. The quantitative estimate of drug-likeness (QED) is 0.125.